The fraction of sp³-hybridized carbons (Fsp3) is 0.692. The molecule has 1 rings (SSSR count). The number of unbranched alkanes of at least 4 members (excludes halogenated alkanes) is 4. The van der Waals surface area contributed by atoms with Crippen LogP contribution in [0.15, 0.2) is 18.5 Å². The third-order valence-corrected chi connectivity index (χ3v) is 2.84. The SMILES string of the molecule is CCCCCCCC(NC)c1ncccn1. The molecule has 1 N–H and O–H groups in total. The summed E-state index contributed by atoms with van der Waals surface area (Å²) < 4.78 is 0. The van der Waals surface area contributed by atoms with Crippen molar-refractivity contribution in [2.75, 3.05) is 7.05 Å². The zero-order valence-electron chi connectivity index (χ0n) is 10.4. The average molecular weight is 221 g/mol. The van der Waals surface area contributed by atoms with Gasteiger partial charge in [-0.1, -0.05) is 39.0 Å². The van der Waals surface area contributed by atoms with Gasteiger partial charge < -0.3 is 5.32 Å². The van der Waals surface area contributed by atoms with E-state index >= 15 is 0 Å². The van der Waals surface area contributed by atoms with Gasteiger partial charge in [0.25, 0.3) is 0 Å². The third-order valence-electron chi connectivity index (χ3n) is 2.84. The first-order chi connectivity index (χ1) is 7.88. The number of aromatic nitrogens is 2. The molecule has 0 radical (unpaired) electrons. The number of hydrogen-bond acceptors (Lipinski definition) is 3. The lowest BCUT2D eigenvalue weighted by atomic mass is 10.1. The van der Waals surface area contributed by atoms with Crippen molar-refractivity contribution in [2.45, 2.75) is 51.5 Å². The Morgan fingerprint density at radius 2 is 1.81 bits per heavy atom. The number of rotatable bonds is 8. The topological polar surface area (TPSA) is 37.8 Å². The molecule has 3 heteroatoms. The van der Waals surface area contributed by atoms with Gasteiger partial charge >= 0.3 is 0 Å². The summed E-state index contributed by atoms with van der Waals surface area (Å²) in [5.74, 6) is 0.917. The second-order valence-corrected chi connectivity index (χ2v) is 4.15. The Morgan fingerprint density at radius 1 is 1.12 bits per heavy atom. The van der Waals surface area contributed by atoms with E-state index in [0.717, 1.165) is 12.2 Å². The van der Waals surface area contributed by atoms with Crippen LogP contribution >= 0.6 is 0 Å². The molecule has 0 aliphatic rings. The molecule has 0 fully saturated rings. The largest absolute Gasteiger partial charge is 0.310 e. The zero-order chi connectivity index (χ0) is 11.6. The fourth-order valence-corrected chi connectivity index (χ4v) is 1.85. The summed E-state index contributed by atoms with van der Waals surface area (Å²) >= 11 is 0. The number of hydrogen-bond donors (Lipinski definition) is 1. The summed E-state index contributed by atoms with van der Waals surface area (Å²) in [6, 6.07) is 2.17. The highest BCUT2D eigenvalue weighted by Gasteiger charge is 2.10. The summed E-state index contributed by atoms with van der Waals surface area (Å²) in [6.45, 7) is 2.24. The van der Waals surface area contributed by atoms with Crippen LogP contribution in [0.2, 0.25) is 0 Å². The Hall–Kier alpha value is -0.960. The van der Waals surface area contributed by atoms with Gasteiger partial charge in [0.1, 0.15) is 5.82 Å². The van der Waals surface area contributed by atoms with Crippen molar-refractivity contribution in [3.63, 3.8) is 0 Å². The molecule has 1 unspecified atom stereocenters. The van der Waals surface area contributed by atoms with E-state index in [2.05, 4.69) is 22.2 Å². The maximum atomic E-state index is 4.29. The van der Waals surface area contributed by atoms with Gasteiger partial charge in [0.05, 0.1) is 6.04 Å². The quantitative estimate of drug-likeness (QED) is 0.685. The lowest BCUT2D eigenvalue weighted by Gasteiger charge is -2.13. The van der Waals surface area contributed by atoms with Gasteiger partial charge in [-0.25, -0.2) is 9.97 Å². The second-order valence-electron chi connectivity index (χ2n) is 4.15. The van der Waals surface area contributed by atoms with Gasteiger partial charge in [0.15, 0.2) is 0 Å². The van der Waals surface area contributed by atoms with Crippen molar-refractivity contribution in [1.29, 1.82) is 0 Å². The van der Waals surface area contributed by atoms with Crippen LogP contribution in [0.3, 0.4) is 0 Å². The summed E-state index contributed by atoms with van der Waals surface area (Å²) in [5, 5.41) is 3.28. The summed E-state index contributed by atoms with van der Waals surface area (Å²) in [5.41, 5.74) is 0. The first-order valence-electron chi connectivity index (χ1n) is 6.32. The van der Waals surface area contributed by atoms with Crippen LogP contribution in [-0.2, 0) is 0 Å². The maximum absolute atomic E-state index is 4.29. The van der Waals surface area contributed by atoms with E-state index < -0.39 is 0 Å². The predicted molar refractivity (Wildman–Crippen MR) is 67.2 cm³/mol. The standard InChI is InChI=1S/C13H23N3/c1-3-4-5-6-7-9-12(14-2)13-15-10-8-11-16-13/h8,10-12,14H,3-7,9H2,1-2H3. The van der Waals surface area contributed by atoms with E-state index in [1.807, 2.05) is 25.5 Å². The second kappa shape index (κ2) is 8.22. The molecule has 0 bridgehead atoms. The molecule has 90 valence electrons. The van der Waals surface area contributed by atoms with Gasteiger partial charge in [-0.2, -0.15) is 0 Å². The van der Waals surface area contributed by atoms with Crippen LogP contribution in [0.4, 0.5) is 0 Å². The monoisotopic (exact) mass is 221 g/mol. The first-order valence-corrected chi connectivity index (χ1v) is 6.32. The van der Waals surface area contributed by atoms with E-state index in [1.54, 1.807) is 0 Å². The molecule has 0 aromatic carbocycles. The third kappa shape index (κ3) is 4.71. The van der Waals surface area contributed by atoms with E-state index in [1.165, 1.54) is 32.1 Å². The minimum absolute atomic E-state index is 0.308. The van der Waals surface area contributed by atoms with Crippen LogP contribution in [-0.4, -0.2) is 17.0 Å². The molecule has 1 aromatic heterocycles. The molecule has 1 heterocycles. The van der Waals surface area contributed by atoms with Crippen molar-refractivity contribution in [3.8, 4) is 0 Å². The lowest BCUT2D eigenvalue weighted by molar-refractivity contribution is 0.481. The van der Waals surface area contributed by atoms with E-state index in [0.29, 0.717) is 6.04 Å². The number of nitrogens with one attached hydrogen (secondary N) is 1. The first kappa shape index (κ1) is 13.1. The molecule has 16 heavy (non-hydrogen) atoms. The Morgan fingerprint density at radius 3 is 2.44 bits per heavy atom. The van der Waals surface area contributed by atoms with E-state index in [4.69, 9.17) is 0 Å². The normalized spacial score (nSPS) is 12.6. The number of nitrogens with zero attached hydrogens (tertiary/aromatic N) is 2. The minimum atomic E-state index is 0.308. The molecule has 0 aliphatic carbocycles. The van der Waals surface area contributed by atoms with Gasteiger partial charge in [-0.05, 0) is 19.5 Å². The smallest absolute Gasteiger partial charge is 0.145 e. The van der Waals surface area contributed by atoms with Gasteiger partial charge in [-0.3, -0.25) is 0 Å². The molecule has 0 spiro atoms. The highest BCUT2D eigenvalue weighted by atomic mass is 15.0. The molecule has 3 nitrogen and oxygen atoms in total. The summed E-state index contributed by atoms with van der Waals surface area (Å²) in [4.78, 5) is 8.58. The molecule has 1 aromatic rings. The molecular weight excluding hydrogens is 198 g/mol. The molecule has 1 atom stereocenters. The van der Waals surface area contributed by atoms with E-state index in [-0.39, 0.29) is 0 Å². The molecule has 0 aliphatic heterocycles. The van der Waals surface area contributed by atoms with Crippen molar-refractivity contribution in [1.82, 2.24) is 15.3 Å². The van der Waals surface area contributed by atoms with Crippen molar-refractivity contribution >= 4 is 0 Å². The van der Waals surface area contributed by atoms with Crippen LogP contribution < -0.4 is 5.32 Å². The summed E-state index contributed by atoms with van der Waals surface area (Å²) in [7, 11) is 1.98. The van der Waals surface area contributed by atoms with Crippen LogP contribution in [0.25, 0.3) is 0 Å². The van der Waals surface area contributed by atoms with Crippen LogP contribution in [0, 0.1) is 0 Å². The fourth-order valence-electron chi connectivity index (χ4n) is 1.85. The summed E-state index contributed by atoms with van der Waals surface area (Å²) in [6.07, 6.45) is 11.3. The Kier molecular flexibility index (Phi) is 6.74. The van der Waals surface area contributed by atoms with Crippen molar-refractivity contribution in [2.24, 2.45) is 0 Å². The maximum Gasteiger partial charge on any atom is 0.145 e. The molecule has 0 amide bonds. The highest BCUT2D eigenvalue weighted by molar-refractivity contribution is 4.95. The van der Waals surface area contributed by atoms with Gasteiger partial charge in [0, 0.05) is 12.4 Å². The Labute approximate surface area is 98.7 Å². The molecular formula is C13H23N3. The Balaban J connectivity index is 2.27. The minimum Gasteiger partial charge on any atom is -0.310 e. The van der Waals surface area contributed by atoms with Crippen LogP contribution in [0.5, 0.6) is 0 Å². The van der Waals surface area contributed by atoms with Gasteiger partial charge in [0.2, 0.25) is 0 Å². The molecule has 0 saturated heterocycles. The zero-order valence-corrected chi connectivity index (χ0v) is 10.4. The average Bonchev–Trinajstić information content (AvgIpc) is 2.35. The Bertz CT molecular complexity index is 261. The highest BCUT2D eigenvalue weighted by Crippen LogP contribution is 2.16. The van der Waals surface area contributed by atoms with Crippen molar-refractivity contribution in [3.05, 3.63) is 24.3 Å². The lowest BCUT2D eigenvalue weighted by Crippen LogP contribution is -2.18. The predicted octanol–water partition coefficient (Wildman–Crippen LogP) is 3.10. The molecule has 0 saturated carbocycles. The van der Waals surface area contributed by atoms with Crippen LogP contribution in [0.1, 0.15) is 57.3 Å². The van der Waals surface area contributed by atoms with Gasteiger partial charge in [-0.15, -0.1) is 0 Å². The van der Waals surface area contributed by atoms with Crippen molar-refractivity contribution < 1.29 is 0 Å². The van der Waals surface area contributed by atoms with E-state index in [9.17, 15) is 0 Å².